The van der Waals surface area contributed by atoms with Gasteiger partial charge in [0.2, 0.25) is 0 Å². The largest absolute Gasteiger partial charge is 0.469 e. The van der Waals surface area contributed by atoms with Gasteiger partial charge in [0.05, 0.1) is 6.26 Å². The fourth-order valence-electron chi connectivity index (χ4n) is 1.28. The summed E-state index contributed by atoms with van der Waals surface area (Å²) >= 11 is 0. The van der Waals surface area contributed by atoms with E-state index < -0.39 is 0 Å². The smallest absolute Gasteiger partial charge is 0.103 e. The highest BCUT2D eigenvalue weighted by Crippen LogP contribution is 2.16. The molecule has 0 spiro atoms. The molecular weight excluding hydrogens is 160 g/mol. The first-order valence-corrected chi connectivity index (χ1v) is 4.88. The lowest BCUT2D eigenvalue weighted by molar-refractivity contribution is 0.483. The van der Waals surface area contributed by atoms with Crippen LogP contribution < -0.4 is 0 Å². The van der Waals surface area contributed by atoms with Crippen molar-refractivity contribution in [3.63, 3.8) is 0 Å². The number of aryl methyl sites for hydroxylation is 1. The Labute approximate surface area is 80.5 Å². The maximum Gasteiger partial charge on any atom is 0.103 e. The minimum atomic E-state index is 0.634. The average molecular weight is 178 g/mol. The van der Waals surface area contributed by atoms with Gasteiger partial charge in [-0.05, 0) is 37.8 Å². The molecule has 1 nitrogen and oxygen atoms in total. The van der Waals surface area contributed by atoms with Crippen molar-refractivity contribution in [1.29, 1.82) is 0 Å². The molecule has 1 unspecified atom stereocenters. The topological polar surface area (TPSA) is 13.1 Å². The van der Waals surface area contributed by atoms with E-state index in [1.54, 1.807) is 6.26 Å². The molecule has 13 heavy (non-hydrogen) atoms. The van der Waals surface area contributed by atoms with Crippen molar-refractivity contribution in [2.75, 3.05) is 0 Å². The Kier molecular flexibility index (Phi) is 3.81. The van der Waals surface area contributed by atoms with E-state index in [9.17, 15) is 0 Å². The Morgan fingerprint density at radius 3 is 2.92 bits per heavy atom. The standard InChI is InChI=1S/C12H18O/c1-10(2)11(3)6-4-7-12-8-5-9-13-12/h5,8-9,11H,1,4,6-7H2,2-3H3. The molecule has 1 rings (SSSR count). The second-order valence-corrected chi connectivity index (χ2v) is 3.72. The number of hydrogen-bond donors (Lipinski definition) is 0. The van der Waals surface area contributed by atoms with Crippen LogP contribution in [0, 0.1) is 5.92 Å². The maximum atomic E-state index is 5.25. The molecule has 0 saturated heterocycles. The van der Waals surface area contributed by atoms with Crippen molar-refractivity contribution in [2.24, 2.45) is 5.92 Å². The zero-order valence-electron chi connectivity index (χ0n) is 8.55. The Morgan fingerprint density at radius 1 is 1.62 bits per heavy atom. The molecule has 1 aromatic heterocycles. The predicted octanol–water partition coefficient (Wildman–Crippen LogP) is 3.81. The van der Waals surface area contributed by atoms with Gasteiger partial charge in [-0.25, -0.2) is 0 Å². The van der Waals surface area contributed by atoms with Gasteiger partial charge < -0.3 is 4.42 Å². The van der Waals surface area contributed by atoms with Gasteiger partial charge in [-0.3, -0.25) is 0 Å². The van der Waals surface area contributed by atoms with Crippen LogP contribution in [0.15, 0.2) is 35.0 Å². The molecule has 1 atom stereocenters. The first-order valence-electron chi connectivity index (χ1n) is 4.88. The van der Waals surface area contributed by atoms with E-state index in [2.05, 4.69) is 20.4 Å². The number of allylic oxidation sites excluding steroid dienone is 1. The molecule has 0 aliphatic heterocycles. The normalized spacial score (nSPS) is 12.8. The molecule has 1 heterocycles. The summed E-state index contributed by atoms with van der Waals surface area (Å²) in [5.74, 6) is 1.73. The third-order valence-corrected chi connectivity index (χ3v) is 2.48. The van der Waals surface area contributed by atoms with E-state index in [1.165, 1.54) is 18.4 Å². The van der Waals surface area contributed by atoms with E-state index in [4.69, 9.17) is 4.42 Å². The summed E-state index contributed by atoms with van der Waals surface area (Å²) in [4.78, 5) is 0. The summed E-state index contributed by atoms with van der Waals surface area (Å²) in [6.45, 7) is 8.27. The summed E-state index contributed by atoms with van der Waals surface area (Å²) in [7, 11) is 0. The second kappa shape index (κ2) is 4.90. The number of furan rings is 1. The molecule has 1 aromatic rings. The van der Waals surface area contributed by atoms with Crippen LogP contribution in [0.4, 0.5) is 0 Å². The van der Waals surface area contributed by atoms with Crippen LogP contribution >= 0.6 is 0 Å². The molecule has 0 bridgehead atoms. The van der Waals surface area contributed by atoms with Crippen molar-refractivity contribution in [3.05, 3.63) is 36.3 Å². The Balaban J connectivity index is 2.18. The van der Waals surface area contributed by atoms with E-state index in [1.807, 2.05) is 12.1 Å². The first-order chi connectivity index (χ1) is 6.20. The van der Waals surface area contributed by atoms with E-state index in [0.717, 1.165) is 12.2 Å². The van der Waals surface area contributed by atoms with E-state index >= 15 is 0 Å². The Bertz CT molecular complexity index is 246. The van der Waals surface area contributed by atoms with Crippen molar-refractivity contribution in [2.45, 2.75) is 33.1 Å². The lowest BCUT2D eigenvalue weighted by Gasteiger charge is -2.09. The van der Waals surface area contributed by atoms with Crippen LogP contribution in [0.2, 0.25) is 0 Å². The van der Waals surface area contributed by atoms with Crippen LogP contribution in [-0.4, -0.2) is 0 Å². The molecule has 0 fully saturated rings. The predicted molar refractivity (Wildman–Crippen MR) is 55.6 cm³/mol. The lowest BCUT2D eigenvalue weighted by Crippen LogP contribution is -1.96. The van der Waals surface area contributed by atoms with E-state index in [-0.39, 0.29) is 0 Å². The average Bonchev–Trinajstić information content (AvgIpc) is 2.56. The fourth-order valence-corrected chi connectivity index (χ4v) is 1.28. The monoisotopic (exact) mass is 178 g/mol. The van der Waals surface area contributed by atoms with Gasteiger partial charge >= 0.3 is 0 Å². The van der Waals surface area contributed by atoms with Crippen LogP contribution in [0.5, 0.6) is 0 Å². The Morgan fingerprint density at radius 2 is 2.38 bits per heavy atom. The Hall–Kier alpha value is -0.980. The van der Waals surface area contributed by atoms with Crippen LogP contribution in [-0.2, 0) is 6.42 Å². The van der Waals surface area contributed by atoms with Crippen molar-refractivity contribution >= 4 is 0 Å². The summed E-state index contributed by atoms with van der Waals surface area (Å²) in [5.41, 5.74) is 1.28. The SMILES string of the molecule is C=C(C)C(C)CCCc1ccco1. The van der Waals surface area contributed by atoms with Crippen molar-refractivity contribution < 1.29 is 4.42 Å². The van der Waals surface area contributed by atoms with Crippen LogP contribution in [0.25, 0.3) is 0 Å². The highest BCUT2D eigenvalue weighted by Gasteiger charge is 2.02. The van der Waals surface area contributed by atoms with Gasteiger partial charge in [-0.1, -0.05) is 19.1 Å². The minimum Gasteiger partial charge on any atom is -0.469 e. The van der Waals surface area contributed by atoms with Gasteiger partial charge in [-0.2, -0.15) is 0 Å². The van der Waals surface area contributed by atoms with Crippen LogP contribution in [0.1, 0.15) is 32.4 Å². The summed E-state index contributed by atoms with van der Waals surface area (Å²) in [6, 6.07) is 3.98. The highest BCUT2D eigenvalue weighted by atomic mass is 16.3. The third kappa shape index (κ3) is 3.49. The van der Waals surface area contributed by atoms with Crippen molar-refractivity contribution in [3.8, 4) is 0 Å². The third-order valence-electron chi connectivity index (χ3n) is 2.48. The molecule has 0 radical (unpaired) electrons. The van der Waals surface area contributed by atoms with Gasteiger partial charge in [0.1, 0.15) is 5.76 Å². The van der Waals surface area contributed by atoms with Crippen molar-refractivity contribution in [1.82, 2.24) is 0 Å². The summed E-state index contributed by atoms with van der Waals surface area (Å²) in [6.07, 6.45) is 5.17. The quantitative estimate of drug-likeness (QED) is 0.625. The summed E-state index contributed by atoms with van der Waals surface area (Å²) in [5, 5.41) is 0. The fraction of sp³-hybridized carbons (Fsp3) is 0.500. The zero-order chi connectivity index (χ0) is 9.68. The molecule has 72 valence electrons. The second-order valence-electron chi connectivity index (χ2n) is 3.72. The number of hydrogen-bond acceptors (Lipinski definition) is 1. The zero-order valence-corrected chi connectivity index (χ0v) is 8.55. The van der Waals surface area contributed by atoms with Gasteiger partial charge in [0, 0.05) is 6.42 Å². The lowest BCUT2D eigenvalue weighted by atomic mass is 9.97. The first kappa shape index (κ1) is 10.1. The van der Waals surface area contributed by atoms with Gasteiger partial charge in [-0.15, -0.1) is 0 Å². The molecule has 0 saturated carbocycles. The van der Waals surface area contributed by atoms with Crippen LogP contribution in [0.3, 0.4) is 0 Å². The highest BCUT2D eigenvalue weighted by molar-refractivity contribution is 4.99. The van der Waals surface area contributed by atoms with Gasteiger partial charge in [0.25, 0.3) is 0 Å². The number of rotatable bonds is 5. The molecule has 1 heteroatoms. The maximum absolute atomic E-state index is 5.25. The van der Waals surface area contributed by atoms with Gasteiger partial charge in [0.15, 0.2) is 0 Å². The van der Waals surface area contributed by atoms with E-state index in [0.29, 0.717) is 5.92 Å². The molecule has 0 amide bonds. The minimum absolute atomic E-state index is 0.634. The summed E-state index contributed by atoms with van der Waals surface area (Å²) < 4.78 is 5.25. The molecular formula is C12H18O. The molecule has 0 aliphatic carbocycles. The molecule has 0 N–H and O–H groups in total. The molecule has 0 aliphatic rings. The molecule has 0 aromatic carbocycles.